The summed E-state index contributed by atoms with van der Waals surface area (Å²) in [5, 5.41) is 37.5. The molecule has 0 aliphatic rings. The van der Waals surface area contributed by atoms with Crippen LogP contribution in [0.5, 0.6) is 0 Å². The first-order valence-electron chi connectivity index (χ1n) is 5.95. The Morgan fingerprint density at radius 3 is 2.75 bits per heavy atom. The van der Waals surface area contributed by atoms with E-state index in [1.165, 1.54) is 0 Å². The van der Waals surface area contributed by atoms with Crippen LogP contribution in [0.2, 0.25) is 0 Å². The average Bonchev–Trinajstić information content (AvgIpc) is 2.93. The predicted octanol–water partition coefficient (Wildman–Crippen LogP) is 0.626. The van der Waals surface area contributed by atoms with E-state index in [4.69, 9.17) is 15.6 Å². The van der Waals surface area contributed by atoms with E-state index in [9.17, 15) is 0 Å². The molecule has 2 rings (SSSR count). The van der Waals surface area contributed by atoms with Crippen molar-refractivity contribution >= 4 is 5.69 Å². The van der Waals surface area contributed by atoms with Gasteiger partial charge in [-0.25, -0.2) is 4.68 Å². The monoisotopic (exact) mass is 268 g/mol. The van der Waals surface area contributed by atoms with Crippen LogP contribution in [-0.2, 0) is 13.1 Å². The lowest BCUT2D eigenvalue weighted by molar-refractivity contribution is 0.268. The van der Waals surface area contributed by atoms with E-state index in [0.717, 1.165) is 11.4 Å². The van der Waals surface area contributed by atoms with E-state index >= 15 is 0 Å². The van der Waals surface area contributed by atoms with Gasteiger partial charge in [-0.3, -0.25) is 0 Å². The Labute approximate surface area is 115 Å². The summed E-state index contributed by atoms with van der Waals surface area (Å²) in [6, 6.07) is 8.90. The molecule has 2 aromatic rings. The van der Waals surface area contributed by atoms with Crippen molar-refractivity contribution in [1.29, 1.82) is 10.5 Å². The van der Waals surface area contributed by atoms with Crippen molar-refractivity contribution in [3.63, 3.8) is 0 Å². The maximum Gasteiger partial charge on any atom is 0.102 e. The standard InChI is InChI=1S/C13H12N6O/c14-6-10-1-2-12(5-11(10)7-15)16-8-13-9-19(3-4-20)18-17-13/h1-2,5,9,16,20H,3-4,8H2. The number of nitrogens with one attached hydrogen (secondary N) is 1. The zero-order chi connectivity index (χ0) is 14.4. The minimum Gasteiger partial charge on any atom is -0.394 e. The molecule has 0 spiro atoms. The summed E-state index contributed by atoms with van der Waals surface area (Å²) in [5.41, 5.74) is 2.15. The quantitative estimate of drug-likeness (QED) is 0.822. The second kappa shape index (κ2) is 6.32. The van der Waals surface area contributed by atoms with Crippen LogP contribution in [0.15, 0.2) is 24.4 Å². The second-order valence-electron chi connectivity index (χ2n) is 4.03. The number of nitriles is 2. The lowest BCUT2D eigenvalue weighted by Crippen LogP contribution is -2.02. The van der Waals surface area contributed by atoms with Gasteiger partial charge in [0.25, 0.3) is 0 Å². The van der Waals surface area contributed by atoms with Crippen LogP contribution in [0, 0.1) is 22.7 Å². The molecule has 0 amide bonds. The first-order valence-corrected chi connectivity index (χ1v) is 5.95. The number of hydrogen-bond donors (Lipinski definition) is 2. The molecule has 2 N–H and O–H groups in total. The van der Waals surface area contributed by atoms with Gasteiger partial charge in [0.15, 0.2) is 0 Å². The van der Waals surface area contributed by atoms with E-state index in [2.05, 4.69) is 15.6 Å². The molecule has 0 unspecified atom stereocenters. The van der Waals surface area contributed by atoms with Gasteiger partial charge < -0.3 is 10.4 Å². The van der Waals surface area contributed by atoms with Crippen LogP contribution in [0.25, 0.3) is 0 Å². The van der Waals surface area contributed by atoms with Gasteiger partial charge in [0, 0.05) is 5.69 Å². The average molecular weight is 268 g/mol. The van der Waals surface area contributed by atoms with Crippen LogP contribution < -0.4 is 5.32 Å². The highest BCUT2D eigenvalue weighted by molar-refractivity contribution is 5.56. The van der Waals surface area contributed by atoms with Crippen molar-refractivity contribution in [1.82, 2.24) is 15.0 Å². The molecule has 0 radical (unpaired) electrons. The molecule has 0 saturated carbocycles. The van der Waals surface area contributed by atoms with Crippen LogP contribution in [0.1, 0.15) is 16.8 Å². The molecule has 20 heavy (non-hydrogen) atoms. The van der Waals surface area contributed by atoms with Gasteiger partial charge >= 0.3 is 0 Å². The molecular weight excluding hydrogens is 256 g/mol. The van der Waals surface area contributed by atoms with Crippen molar-refractivity contribution < 1.29 is 5.11 Å². The van der Waals surface area contributed by atoms with Crippen molar-refractivity contribution in [2.75, 3.05) is 11.9 Å². The number of benzene rings is 1. The molecule has 0 bridgehead atoms. The number of anilines is 1. The largest absolute Gasteiger partial charge is 0.394 e. The van der Waals surface area contributed by atoms with Crippen molar-refractivity contribution in [2.45, 2.75) is 13.1 Å². The maximum atomic E-state index is 8.94. The Kier molecular flexibility index (Phi) is 4.28. The van der Waals surface area contributed by atoms with Gasteiger partial charge in [0.2, 0.25) is 0 Å². The molecule has 0 saturated heterocycles. The van der Waals surface area contributed by atoms with Crippen molar-refractivity contribution in [3.05, 3.63) is 41.2 Å². The van der Waals surface area contributed by atoms with Crippen LogP contribution in [-0.4, -0.2) is 26.7 Å². The summed E-state index contributed by atoms with van der Waals surface area (Å²) in [7, 11) is 0. The van der Waals surface area contributed by atoms with Gasteiger partial charge in [-0.15, -0.1) is 5.10 Å². The summed E-state index contributed by atoms with van der Waals surface area (Å²) < 4.78 is 1.55. The third kappa shape index (κ3) is 3.10. The Morgan fingerprint density at radius 2 is 2.05 bits per heavy atom. The van der Waals surface area contributed by atoms with Crippen LogP contribution in [0.3, 0.4) is 0 Å². The SMILES string of the molecule is N#Cc1ccc(NCc2cn(CCO)nn2)cc1C#N. The number of rotatable bonds is 5. The van der Waals surface area contributed by atoms with Gasteiger partial charge in [-0.1, -0.05) is 5.21 Å². The lowest BCUT2D eigenvalue weighted by Gasteiger charge is -2.04. The molecule has 0 aliphatic carbocycles. The molecular formula is C13H12N6O. The zero-order valence-electron chi connectivity index (χ0n) is 10.6. The Morgan fingerprint density at radius 1 is 1.25 bits per heavy atom. The summed E-state index contributed by atoms with van der Waals surface area (Å²) in [5.74, 6) is 0. The first kappa shape index (κ1) is 13.5. The summed E-state index contributed by atoms with van der Waals surface area (Å²) >= 11 is 0. The highest BCUT2D eigenvalue weighted by Crippen LogP contribution is 2.15. The third-order valence-electron chi connectivity index (χ3n) is 2.65. The molecule has 7 heteroatoms. The van der Waals surface area contributed by atoms with Crippen LogP contribution >= 0.6 is 0 Å². The minimum absolute atomic E-state index is 0.0113. The fourth-order valence-corrected chi connectivity index (χ4v) is 1.67. The number of aliphatic hydroxyl groups excluding tert-OH is 1. The molecule has 1 aromatic heterocycles. The van der Waals surface area contributed by atoms with Gasteiger partial charge in [-0.05, 0) is 18.2 Å². The number of hydrogen-bond acceptors (Lipinski definition) is 6. The van der Waals surface area contributed by atoms with E-state index < -0.39 is 0 Å². The lowest BCUT2D eigenvalue weighted by atomic mass is 10.1. The molecule has 1 heterocycles. The summed E-state index contributed by atoms with van der Waals surface area (Å²) in [6.45, 7) is 0.863. The van der Waals surface area contributed by atoms with Gasteiger partial charge in [-0.2, -0.15) is 10.5 Å². The minimum atomic E-state index is 0.0113. The predicted molar refractivity (Wildman–Crippen MR) is 70.3 cm³/mol. The third-order valence-corrected chi connectivity index (χ3v) is 2.65. The maximum absolute atomic E-state index is 8.94. The number of nitrogens with zero attached hydrogens (tertiary/aromatic N) is 5. The fourth-order valence-electron chi connectivity index (χ4n) is 1.67. The van der Waals surface area contributed by atoms with Crippen molar-refractivity contribution in [2.24, 2.45) is 0 Å². The summed E-state index contributed by atoms with van der Waals surface area (Å²) in [4.78, 5) is 0. The highest BCUT2D eigenvalue weighted by Gasteiger charge is 2.04. The molecule has 1 aromatic carbocycles. The Bertz CT molecular complexity index is 679. The number of aromatic nitrogens is 3. The van der Waals surface area contributed by atoms with Gasteiger partial charge in [0.05, 0.1) is 37.0 Å². The van der Waals surface area contributed by atoms with Crippen LogP contribution in [0.4, 0.5) is 5.69 Å². The van der Waals surface area contributed by atoms with E-state index in [1.807, 2.05) is 12.1 Å². The Hall–Kier alpha value is -2.90. The normalized spacial score (nSPS) is 9.75. The first-order chi connectivity index (χ1) is 9.76. The zero-order valence-corrected chi connectivity index (χ0v) is 10.6. The molecule has 7 nitrogen and oxygen atoms in total. The molecule has 0 atom stereocenters. The topological polar surface area (TPSA) is 111 Å². The molecule has 100 valence electrons. The second-order valence-corrected chi connectivity index (χ2v) is 4.03. The Balaban J connectivity index is 2.03. The highest BCUT2D eigenvalue weighted by atomic mass is 16.3. The number of aliphatic hydroxyl groups is 1. The van der Waals surface area contributed by atoms with Crippen molar-refractivity contribution in [3.8, 4) is 12.1 Å². The smallest absolute Gasteiger partial charge is 0.102 e. The molecule has 0 fully saturated rings. The van der Waals surface area contributed by atoms with E-state index in [-0.39, 0.29) is 6.61 Å². The summed E-state index contributed by atoms with van der Waals surface area (Å²) in [6.07, 6.45) is 1.73. The van der Waals surface area contributed by atoms with E-state index in [1.54, 1.807) is 29.1 Å². The fraction of sp³-hybridized carbons (Fsp3) is 0.231. The van der Waals surface area contributed by atoms with E-state index in [0.29, 0.717) is 24.2 Å². The molecule has 0 aliphatic heterocycles. The van der Waals surface area contributed by atoms with Gasteiger partial charge in [0.1, 0.15) is 17.8 Å².